The molecule has 1 aliphatic carbocycles. The molecule has 0 amide bonds. The Morgan fingerprint density at radius 1 is 1.33 bits per heavy atom. The summed E-state index contributed by atoms with van der Waals surface area (Å²) >= 11 is 13.9. The Labute approximate surface area is 140 Å². The summed E-state index contributed by atoms with van der Waals surface area (Å²) in [6, 6.07) is 11.1. The molecule has 0 bridgehead atoms. The molecule has 1 N–H and O–H groups in total. The molecule has 1 nitrogen and oxygen atoms in total. The molecule has 1 heterocycles. The van der Waals surface area contributed by atoms with Crippen molar-refractivity contribution in [3.63, 3.8) is 0 Å². The molecule has 1 aromatic carbocycles. The number of benzene rings is 1. The number of fused-ring (bicyclic) bond motifs is 1. The summed E-state index contributed by atoms with van der Waals surface area (Å²) in [5.41, 5.74) is 4.15. The maximum atomic E-state index is 6.36. The van der Waals surface area contributed by atoms with Crippen LogP contribution in [-0.2, 0) is 6.42 Å². The van der Waals surface area contributed by atoms with Gasteiger partial charge in [-0.3, -0.25) is 0 Å². The normalized spacial score (nSPS) is 18.1. The smallest absolute Gasteiger partial charge is 0.0991 e. The monoisotopic (exact) mass is 339 g/mol. The molecular weight excluding hydrogens is 321 g/mol. The summed E-state index contributed by atoms with van der Waals surface area (Å²) in [6.45, 7) is 3.19. The molecule has 1 aromatic heterocycles. The van der Waals surface area contributed by atoms with Crippen LogP contribution in [0.25, 0.3) is 0 Å². The number of halogens is 2. The average Bonchev–Trinajstić information content (AvgIpc) is 2.78. The lowest BCUT2D eigenvalue weighted by molar-refractivity contribution is 0.429. The molecule has 112 valence electrons. The first-order valence-corrected chi connectivity index (χ1v) is 9.02. The fourth-order valence-electron chi connectivity index (χ4n) is 3.09. The Bertz CT molecular complexity index is 623. The Morgan fingerprint density at radius 2 is 2.14 bits per heavy atom. The van der Waals surface area contributed by atoms with Gasteiger partial charge in [-0.1, -0.05) is 54.4 Å². The van der Waals surface area contributed by atoms with Crippen molar-refractivity contribution < 1.29 is 0 Å². The van der Waals surface area contributed by atoms with E-state index in [0.29, 0.717) is 12.0 Å². The van der Waals surface area contributed by atoms with E-state index in [9.17, 15) is 0 Å². The van der Waals surface area contributed by atoms with Crippen LogP contribution in [0, 0.1) is 0 Å². The quantitative estimate of drug-likeness (QED) is 0.698. The molecule has 2 unspecified atom stereocenters. The van der Waals surface area contributed by atoms with E-state index in [4.69, 9.17) is 23.2 Å². The van der Waals surface area contributed by atoms with E-state index in [1.165, 1.54) is 28.9 Å². The van der Waals surface area contributed by atoms with Crippen molar-refractivity contribution in [1.82, 2.24) is 5.32 Å². The zero-order valence-electron chi connectivity index (χ0n) is 12.0. The van der Waals surface area contributed by atoms with Crippen LogP contribution in [0.15, 0.2) is 30.3 Å². The molecule has 0 radical (unpaired) electrons. The SMILES string of the molecule is CCCNC(CC1Cc2ccccc21)c1cc(Cl)sc1Cl. The molecule has 2 aromatic rings. The van der Waals surface area contributed by atoms with E-state index in [-0.39, 0.29) is 0 Å². The molecule has 2 atom stereocenters. The van der Waals surface area contributed by atoms with E-state index < -0.39 is 0 Å². The largest absolute Gasteiger partial charge is 0.310 e. The number of nitrogens with one attached hydrogen (secondary N) is 1. The molecule has 1 aliphatic rings. The van der Waals surface area contributed by atoms with Gasteiger partial charge >= 0.3 is 0 Å². The van der Waals surface area contributed by atoms with E-state index in [2.05, 4.69) is 36.5 Å². The first-order chi connectivity index (χ1) is 10.2. The van der Waals surface area contributed by atoms with E-state index in [1.807, 2.05) is 6.07 Å². The van der Waals surface area contributed by atoms with Gasteiger partial charge in [0.05, 0.1) is 8.67 Å². The number of hydrogen-bond donors (Lipinski definition) is 1. The Hall–Kier alpha value is -0.540. The van der Waals surface area contributed by atoms with Gasteiger partial charge in [0.2, 0.25) is 0 Å². The van der Waals surface area contributed by atoms with Gasteiger partial charge in [-0.25, -0.2) is 0 Å². The second-order valence-corrected chi connectivity index (χ2v) is 7.91. The number of rotatable bonds is 6. The van der Waals surface area contributed by atoms with Gasteiger partial charge in [0.15, 0.2) is 0 Å². The van der Waals surface area contributed by atoms with Gasteiger partial charge in [0, 0.05) is 11.6 Å². The molecule has 0 spiro atoms. The summed E-state index contributed by atoms with van der Waals surface area (Å²) in [7, 11) is 0. The van der Waals surface area contributed by atoms with Gasteiger partial charge in [0.1, 0.15) is 0 Å². The van der Waals surface area contributed by atoms with Crippen LogP contribution < -0.4 is 5.32 Å². The summed E-state index contributed by atoms with van der Waals surface area (Å²) in [4.78, 5) is 0. The van der Waals surface area contributed by atoms with Gasteiger partial charge in [-0.15, -0.1) is 11.3 Å². The van der Waals surface area contributed by atoms with E-state index >= 15 is 0 Å². The lowest BCUT2D eigenvalue weighted by Crippen LogP contribution is -2.27. The molecule has 4 heteroatoms. The van der Waals surface area contributed by atoms with Gasteiger partial charge in [0.25, 0.3) is 0 Å². The van der Waals surface area contributed by atoms with E-state index in [1.54, 1.807) is 0 Å². The third kappa shape index (κ3) is 3.29. The van der Waals surface area contributed by atoms with Crippen LogP contribution >= 0.6 is 34.5 Å². The second kappa shape index (κ2) is 6.70. The lowest BCUT2D eigenvalue weighted by atomic mass is 9.74. The van der Waals surface area contributed by atoms with Gasteiger partial charge in [-0.2, -0.15) is 0 Å². The van der Waals surface area contributed by atoms with Crippen LogP contribution in [0.5, 0.6) is 0 Å². The van der Waals surface area contributed by atoms with Crippen molar-refractivity contribution in [3.05, 3.63) is 55.7 Å². The summed E-state index contributed by atoms with van der Waals surface area (Å²) in [5, 5.41) is 3.63. The fourth-order valence-corrected chi connectivity index (χ4v) is 4.67. The zero-order valence-corrected chi connectivity index (χ0v) is 14.4. The molecule has 0 saturated heterocycles. The Morgan fingerprint density at radius 3 is 2.81 bits per heavy atom. The first kappa shape index (κ1) is 15.4. The highest BCUT2D eigenvalue weighted by Gasteiger charge is 2.29. The molecular formula is C17H19Cl2NS. The fraction of sp³-hybridized carbons (Fsp3) is 0.412. The highest BCUT2D eigenvalue weighted by molar-refractivity contribution is 7.20. The van der Waals surface area contributed by atoms with Crippen LogP contribution in [0.2, 0.25) is 8.67 Å². The lowest BCUT2D eigenvalue weighted by Gasteiger charge is -2.33. The van der Waals surface area contributed by atoms with Crippen molar-refractivity contribution in [1.29, 1.82) is 0 Å². The summed E-state index contributed by atoms with van der Waals surface area (Å²) < 4.78 is 1.59. The zero-order chi connectivity index (χ0) is 14.8. The van der Waals surface area contributed by atoms with Crippen molar-refractivity contribution in [2.24, 2.45) is 0 Å². The Kier molecular flexibility index (Phi) is 4.90. The minimum Gasteiger partial charge on any atom is -0.310 e. The number of hydrogen-bond acceptors (Lipinski definition) is 2. The molecule has 0 saturated carbocycles. The standard InChI is InChI=1S/C17H19Cl2NS/c1-2-7-20-15(14-10-16(18)21-17(14)19)9-12-8-11-5-3-4-6-13(11)12/h3-6,10,12,15,20H,2,7-9H2,1H3. The minimum atomic E-state index is 0.291. The molecule has 0 aliphatic heterocycles. The third-order valence-corrected chi connectivity index (χ3v) is 5.70. The maximum Gasteiger partial charge on any atom is 0.0991 e. The summed E-state index contributed by atoms with van der Waals surface area (Å²) in [6.07, 6.45) is 3.38. The third-order valence-electron chi connectivity index (χ3n) is 4.18. The summed E-state index contributed by atoms with van der Waals surface area (Å²) in [5.74, 6) is 0.630. The average molecular weight is 340 g/mol. The minimum absolute atomic E-state index is 0.291. The Balaban J connectivity index is 1.76. The molecule has 3 rings (SSSR count). The predicted molar refractivity (Wildman–Crippen MR) is 92.9 cm³/mol. The predicted octanol–water partition coefficient (Wildman–Crippen LogP) is 5.83. The first-order valence-electron chi connectivity index (χ1n) is 7.45. The van der Waals surface area contributed by atoms with Crippen molar-refractivity contribution >= 4 is 34.5 Å². The highest BCUT2D eigenvalue weighted by atomic mass is 35.5. The topological polar surface area (TPSA) is 12.0 Å². The number of thiophene rings is 1. The van der Waals surface area contributed by atoms with E-state index in [0.717, 1.165) is 33.6 Å². The van der Waals surface area contributed by atoms with Crippen LogP contribution in [0.3, 0.4) is 0 Å². The van der Waals surface area contributed by atoms with Crippen molar-refractivity contribution in [3.8, 4) is 0 Å². The van der Waals surface area contributed by atoms with Crippen molar-refractivity contribution in [2.45, 2.75) is 38.1 Å². The van der Waals surface area contributed by atoms with Crippen molar-refractivity contribution in [2.75, 3.05) is 6.54 Å². The van der Waals surface area contributed by atoms with Gasteiger partial charge < -0.3 is 5.32 Å². The van der Waals surface area contributed by atoms with Crippen LogP contribution in [0.1, 0.15) is 48.4 Å². The second-order valence-electron chi connectivity index (χ2n) is 5.62. The highest BCUT2D eigenvalue weighted by Crippen LogP contribution is 2.43. The van der Waals surface area contributed by atoms with Gasteiger partial charge in [-0.05, 0) is 48.9 Å². The van der Waals surface area contributed by atoms with Crippen LogP contribution in [0.4, 0.5) is 0 Å². The molecule has 0 fully saturated rings. The molecule has 21 heavy (non-hydrogen) atoms. The maximum absolute atomic E-state index is 6.36. The van der Waals surface area contributed by atoms with Crippen LogP contribution in [-0.4, -0.2) is 6.54 Å².